The van der Waals surface area contributed by atoms with Gasteiger partial charge in [-0.15, -0.1) is 0 Å². The minimum absolute atomic E-state index is 1.01. The molecule has 0 atom stereocenters. The van der Waals surface area contributed by atoms with E-state index in [1.807, 2.05) is 18.3 Å². The average Bonchev–Trinajstić information content (AvgIpc) is 2.46. The molecule has 0 aliphatic carbocycles. The fourth-order valence-corrected chi connectivity index (χ4v) is 2.47. The molecule has 0 saturated heterocycles. The molecule has 0 radical (unpaired) electrons. The first kappa shape index (κ1) is 15.0. The Morgan fingerprint density at radius 1 is 1.20 bits per heavy atom. The number of benzene rings is 1. The standard InChI is InChI=1S/C18H20BrN/c1-3-4-8-15(18-9-6-5-7-14(18)2)12-17-11-10-16(19)13-20-17/h5-7,9-13H,3-4,8H2,1-2H3/b15-12-. The van der Waals surface area contributed by atoms with Crippen molar-refractivity contribution >= 4 is 27.6 Å². The maximum atomic E-state index is 4.46. The molecular formula is C18H20BrN. The maximum Gasteiger partial charge on any atom is 0.0633 e. The summed E-state index contributed by atoms with van der Waals surface area (Å²) in [4.78, 5) is 4.46. The SMILES string of the molecule is CCCC/C(=C/c1ccc(Br)cn1)c1ccccc1C. The molecule has 0 saturated carbocycles. The van der Waals surface area contributed by atoms with E-state index in [2.05, 4.69) is 65.1 Å². The average molecular weight is 330 g/mol. The Morgan fingerprint density at radius 2 is 2.00 bits per heavy atom. The summed E-state index contributed by atoms with van der Waals surface area (Å²) in [7, 11) is 0. The number of aryl methyl sites for hydroxylation is 1. The van der Waals surface area contributed by atoms with Gasteiger partial charge in [0.1, 0.15) is 0 Å². The monoisotopic (exact) mass is 329 g/mol. The molecule has 1 aromatic carbocycles. The highest BCUT2D eigenvalue weighted by Gasteiger charge is 2.05. The summed E-state index contributed by atoms with van der Waals surface area (Å²) in [6.07, 6.45) is 7.57. The minimum Gasteiger partial charge on any atom is -0.256 e. The van der Waals surface area contributed by atoms with Gasteiger partial charge < -0.3 is 0 Å². The number of nitrogens with zero attached hydrogens (tertiary/aromatic N) is 1. The highest BCUT2D eigenvalue weighted by molar-refractivity contribution is 9.10. The largest absolute Gasteiger partial charge is 0.256 e. The maximum absolute atomic E-state index is 4.46. The number of pyridine rings is 1. The molecule has 104 valence electrons. The molecule has 20 heavy (non-hydrogen) atoms. The van der Waals surface area contributed by atoms with E-state index >= 15 is 0 Å². The van der Waals surface area contributed by atoms with Gasteiger partial charge in [-0.2, -0.15) is 0 Å². The number of halogens is 1. The van der Waals surface area contributed by atoms with Crippen LogP contribution in [0.15, 0.2) is 47.1 Å². The number of rotatable bonds is 5. The van der Waals surface area contributed by atoms with Gasteiger partial charge in [-0.1, -0.05) is 37.6 Å². The molecule has 0 spiro atoms. The van der Waals surface area contributed by atoms with Crippen LogP contribution in [0.1, 0.15) is 43.0 Å². The van der Waals surface area contributed by atoms with E-state index in [9.17, 15) is 0 Å². The first-order valence-corrected chi connectivity index (χ1v) is 7.88. The van der Waals surface area contributed by atoms with Crippen molar-refractivity contribution in [2.75, 3.05) is 0 Å². The second-order valence-corrected chi connectivity index (χ2v) is 5.91. The topological polar surface area (TPSA) is 12.9 Å². The summed E-state index contributed by atoms with van der Waals surface area (Å²) < 4.78 is 1.01. The lowest BCUT2D eigenvalue weighted by Gasteiger charge is -2.10. The van der Waals surface area contributed by atoms with Crippen LogP contribution in [0.3, 0.4) is 0 Å². The van der Waals surface area contributed by atoms with E-state index < -0.39 is 0 Å². The Kier molecular flexibility index (Phi) is 5.54. The second kappa shape index (κ2) is 7.39. The molecule has 0 bridgehead atoms. The van der Waals surface area contributed by atoms with Crippen LogP contribution in [0.25, 0.3) is 11.6 Å². The highest BCUT2D eigenvalue weighted by Crippen LogP contribution is 2.26. The number of allylic oxidation sites excluding steroid dienone is 1. The van der Waals surface area contributed by atoms with Crippen LogP contribution in [0.2, 0.25) is 0 Å². The van der Waals surface area contributed by atoms with Gasteiger partial charge in [0.25, 0.3) is 0 Å². The Balaban J connectivity index is 2.37. The molecule has 0 amide bonds. The second-order valence-electron chi connectivity index (χ2n) is 4.99. The van der Waals surface area contributed by atoms with Gasteiger partial charge in [-0.25, -0.2) is 0 Å². The quantitative estimate of drug-likeness (QED) is 0.667. The van der Waals surface area contributed by atoms with Crippen LogP contribution < -0.4 is 0 Å². The lowest BCUT2D eigenvalue weighted by atomic mass is 9.95. The van der Waals surface area contributed by atoms with Gasteiger partial charge in [-0.05, 0) is 70.6 Å². The zero-order chi connectivity index (χ0) is 14.4. The zero-order valence-electron chi connectivity index (χ0n) is 12.1. The van der Waals surface area contributed by atoms with Gasteiger partial charge in [0.05, 0.1) is 5.69 Å². The Bertz CT molecular complexity index is 585. The Hall–Kier alpha value is -1.41. The molecule has 2 heteroatoms. The van der Waals surface area contributed by atoms with Gasteiger partial charge in [0.2, 0.25) is 0 Å². The van der Waals surface area contributed by atoms with Crippen LogP contribution in [0.5, 0.6) is 0 Å². The van der Waals surface area contributed by atoms with Crippen LogP contribution >= 0.6 is 15.9 Å². The van der Waals surface area contributed by atoms with Crippen LogP contribution in [0, 0.1) is 6.92 Å². The van der Waals surface area contributed by atoms with Gasteiger partial charge >= 0.3 is 0 Å². The fraction of sp³-hybridized carbons (Fsp3) is 0.278. The van der Waals surface area contributed by atoms with E-state index in [-0.39, 0.29) is 0 Å². The van der Waals surface area contributed by atoms with Gasteiger partial charge in [0, 0.05) is 10.7 Å². The summed E-state index contributed by atoms with van der Waals surface area (Å²) in [6, 6.07) is 12.7. The Morgan fingerprint density at radius 3 is 2.65 bits per heavy atom. The van der Waals surface area contributed by atoms with Crippen molar-refractivity contribution in [3.8, 4) is 0 Å². The van der Waals surface area contributed by atoms with E-state index in [4.69, 9.17) is 0 Å². The molecule has 2 rings (SSSR count). The third-order valence-electron chi connectivity index (χ3n) is 3.36. The third-order valence-corrected chi connectivity index (χ3v) is 3.83. The third kappa shape index (κ3) is 4.04. The zero-order valence-corrected chi connectivity index (χ0v) is 13.7. The van der Waals surface area contributed by atoms with Gasteiger partial charge in [-0.3, -0.25) is 4.98 Å². The van der Waals surface area contributed by atoms with Gasteiger partial charge in [0.15, 0.2) is 0 Å². The van der Waals surface area contributed by atoms with Crippen molar-refractivity contribution < 1.29 is 0 Å². The molecule has 0 unspecified atom stereocenters. The molecular weight excluding hydrogens is 310 g/mol. The Labute approximate surface area is 129 Å². The molecule has 0 aliphatic rings. The smallest absolute Gasteiger partial charge is 0.0633 e. The summed E-state index contributed by atoms with van der Waals surface area (Å²) >= 11 is 3.43. The van der Waals surface area contributed by atoms with Crippen LogP contribution in [0.4, 0.5) is 0 Å². The minimum atomic E-state index is 1.01. The van der Waals surface area contributed by atoms with Crippen molar-refractivity contribution in [2.24, 2.45) is 0 Å². The number of hydrogen-bond donors (Lipinski definition) is 0. The van der Waals surface area contributed by atoms with E-state index in [1.165, 1.54) is 29.5 Å². The van der Waals surface area contributed by atoms with Crippen molar-refractivity contribution in [2.45, 2.75) is 33.1 Å². The molecule has 2 aromatic rings. The molecule has 0 N–H and O–H groups in total. The molecule has 1 aromatic heterocycles. The molecule has 1 nitrogen and oxygen atoms in total. The predicted molar refractivity (Wildman–Crippen MR) is 90.5 cm³/mol. The van der Waals surface area contributed by atoms with E-state index in [1.54, 1.807) is 0 Å². The molecule has 1 heterocycles. The summed E-state index contributed by atoms with van der Waals surface area (Å²) in [6.45, 7) is 4.40. The van der Waals surface area contributed by atoms with Crippen molar-refractivity contribution in [1.29, 1.82) is 0 Å². The number of hydrogen-bond acceptors (Lipinski definition) is 1. The lowest BCUT2D eigenvalue weighted by molar-refractivity contribution is 0.825. The number of unbranched alkanes of at least 4 members (excludes halogenated alkanes) is 1. The lowest BCUT2D eigenvalue weighted by Crippen LogP contribution is -1.90. The van der Waals surface area contributed by atoms with Crippen molar-refractivity contribution in [1.82, 2.24) is 4.98 Å². The normalized spacial score (nSPS) is 11.7. The van der Waals surface area contributed by atoms with E-state index in [0.717, 1.165) is 16.6 Å². The van der Waals surface area contributed by atoms with E-state index in [0.29, 0.717) is 0 Å². The number of aromatic nitrogens is 1. The molecule has 0 aliphatic heterocycles. The molecule has 0 fully saturated rings. The van der Waals surface area contributed by atoms with Crippen molar-refractivity contribution in [3.63, 3.8) is 0 Å². The first-order valence-electron chi connectivity index (χ1n) is 7.09. The predicted octanol–water partition coefficient (Wildman–Crippen LogP) is 5.88. The first-order chi connectivity index (χ1) is 9.70. The summed E-state index contributed by atoms with van der Waals surface area (Å²) in [5.74, 6) is 0. The summed E-state index contributed by atoms with van der Waals surface area (Å²) in [5, 5.41) is 0. The highest BCUT2D eigenvalue weighted by atomic mass is 79.9. The van der Waals surface area contributed by atoms with Crippen LogP contribution in [-0.2, 0) is 0 Å². The fourth-order valence-electron chi connectivity index (χ4n) is 2.24. The summed E-state index contributed by atoms with van der Waals surface area (Å²) in [5.41, 5.74) is 5.06. The van der Waals surface area contributed by atoms with Crippen molar-refractivity contribution in [3.05, 3.63) is 63.9 Å². The van der Waals surface area contributed by atoms with Crippen LogP contribution in [-0.4, -0.2) is 4.98 Å².